The first kappa shape index (κ1) is 13.1. The van der Waals surface area contributed by atoms with Gasteiger partial charge in [-0.1, -0.05) is 0 Å². The lowest BCUT2D eigenvalue weighted by Gasteiger charge is -2.10. The molecule has 5 nitrogen and oxygen atoms in total. The lowest BCUT2D eigenvalue weighted by atomic mass is 10.1. The van der Waals surface area contributed by atoms with E-state index >= 15 is 0 Å². The van der Waals surface area contributed by atoms with E-state index in [1.165, 1.54) is 0 Å². The van der Waals surface area contributed by atoms with Gasteiger partial charge in [0.1, 0.15) is 5.69 Å². The number of aryl methyl sites for hydroxylation is 2. The Morgan fingerprint density at radius 2 is 2.00 bits per heavy atom. The van der Waals surface area contributed by atoms with Crippen molar-refractivity contribution in [3.63, 3.8) is 0 Å². The minimum Gasteiger partial charge on any atom is -0.294 e. The first-order valence-electron chi connectivity index (χ1n) is 6.14. The number of hydrogen-bond acceptors (Lipinski definition) is 3. The molecular formula is C14H13BrN4O. The van der Waals surface area contributed by atoms with Crippen LogP contribution in [0.5, 0.6) is 0 Å². The van der Waals surface area contributed by atoms with Crippen molar-refractivity contribution >= 4 is 26.8 Å². The topological polar surface area (TPSA) is 52.7 Å². The number of fused-ring (bicyclic) bond motifs is 1. The van der Waals surface area contributed by atoms with Crippen LogP contribution in [0, 0.1) is 6.92 Å². The number of halogens is 1. The van der Waals surface area contributed by atoms with Gasteiger partial charge in [0.15, 0.2) is 5.82 Å². The molecule has 2 aromatic heterocycles. The number of aromatic nitrogens is 4. The molecule has 0 unspecified atom stereocenters. The highest BCUT2D eigenvalue weighted by atomic mass is 79.9. The molecule has 0 atom stereocenters. The molecular weight excluding hydrogens is 320 g/mol. The van der Waals surface area contributed by atoms with Crippen LogP contribution in [-0.4, -0.2) is 19.3 Å². The first-order chi connectivity index (χ1) is 9.49. The zero-order valence-corrected chi connectivity index (χ0v) is 13.0. The van der Waals surface area contributed by atoms with Gasteiger partial charge in [0.2, 0.25) is 0 Å². The van der Waals surface area contributed by atoms with Crippen LogP contribution in [0.15, 0.2) is 33.7 Å². The second-order valence-corrected chi connectivity index (χ2v) is 5.64. The summed E-state index contributed by atoms with van der Waals surface area (Å²) in [5.74, 6) is 0.604. The third-order valence-corrected chi connectivity index (χ3v) is 3.93. The van der Waals surface area contributed by atoms with Gasteiger partial charge in [-0.3, -0.25) is 14.0 Å². The van der Waals surface area contributed by atoms with E-state index in [0.717, 1.165) is 15.7 Å². The van der Waals surface area contributed by atoms with Crippen molar-refractivity contribution in [3.05, 3.63) is 44.8 Å². The summed E-state index contributed by atoms with van der Waals surface area (Å²) in [6.45, 7) is 1.96. The van der Waals surface area contributed by atoms with E-state index in [0.29, 0.717) is 16.7 Å². The maximum Gasteiger partial charge on any atom is 0.261 e. The fraction of sp³-hybridized carbons (Fsp3) is 0.214. The minimum atomic E-state index is -0.0596. The van der Waals surface area contributed by atoms with Gasteiger partial charge in [-0.25, -0.2) is 4.98 Å². The molecule has 0 radical (unpaired) electrons. The molecule has 0 aliphatic carbocycles. The number of nitrogens with zero attached hydrogens (tertiary/aromatic N) is 4. The highest BCUT2D eigenvalue weighted by Gasteiger charge is 2.14. The van der Waals surface area contributed by atoms with Gasteiger partial charge in [0.25, 0.3) is 5.56 Å². The highest BCUT2D eigenvalue weighted by molar-refractivity contribution is 9.10. The molecule has 6 heteroatoms. The molecule has 102 valence electrons. The van der Waals surface area contributed by atoms with Crippen molar-refractivity contribution in [2.24, 2.45) is 14.1 Å². The van der Waals surface area contributed by atoms with E-state index in [1.807, 2.05) is 32.2 Å². The molecule has 0 saturated heterocycles. The summed E-state index contributed by atoms with van der Waals surface area (Å²) in [7, 11) is 3.56. The highest BCUT2D eigenvalue weighted by Crippen LogP contribution is 2.24. The Hall–Kier alpha value is -1.95. The Labute approximate surface area is 124 Å². The predicted molar refractivity (Wildman–Crippen MR) is 81.6 cm³/mol. The summed E-state index contributed by atoms with van der Waals surface area (Å²) in [4.78, 5) is 17.2. The van der Waals surface area contributed by atoms with Crippen LogP contribution in [0.3, 0.4) is 0 Å². The molecule has 1 aromatic carbocycles. The lowest BCUT2D eigenvalue weighted by molar-refractivity contribution is 0.753. The average Bonchev–Trinajstić information content (AvgIpc) is 2.81. The summed E-state index contributed by atoms with van der Waals surface area (Å²) >= 11 is 3.49. The summed E-state index contributed by atoms with van der Waals surface area (Å²) in [5.41, 5.74) is 2.45. The molecule has 0 aliphatic heterocycles. The molecule has 0 aliphatic rings. The van der Waals surface area contributed by atoms with E-state index in [9.17, 15) is 4.79 Å². The molecule has 0 saturated carbocycles. The quantitative estimate of drug-likeness (QED) is 0.687. The van der Waals surface area contributed by atoms with Crippen molar-refractivity contribution in [1.29, 1.82) is 0 Å². The van der Waals surface area contributed by atoms with Crippen LogP contribution >= 0.6 is 15.9 Å². The molecule has 0 fully saturated rings. The Balaban J connectivity index is 2.45. The average molecular weight is 333 g/mol. The summed E-state index contributed by atoms with van der Waals surface area (Å²) in [6.07, 6.45) is 1.69. The third kappa shape index (κ3) is 1.87. The summed E-state index contributed by atoms with van der Waals surface area (Å²) in [6, 6.07) is 5.67. The van der Waals surface area contributed by atoms with Crippen LogP contribution in [0.2, 0.25) is 0 Å². The fourth-order valence-corrected chi connectivity index (χ4v) is 2.95. The Kier molecular flexibility index (Phi) is 2.97. The molecule has 3 rings (SSSR count). The maximum atomic E-state index is 12.5. The van der Waals surface area contributed by atoms with Crippen LogP contribution in [0.25, 0.3) is 22.4 Å². The molecule has 3 aromatic rings. The van der Waals surface area contributed by atoms with Gasteiger partial charge in [0.05, 0.1) is 10.9 Å². The molecule has 0 N–H and O–H groups in total. The van der Waals surface area contributed by atoms with Gasteiger partial charge >= 0.3 is 0 Å². The molecule has 0 spiro atoms. The van der Waals surface area contributed by atoms with Crippen molar-refractivity contribution in [1.82, 2.24) is 19.3 Å². The van der Waals surface area contributed by atoms with Crippen LogP contribution in [0.4, 0.5) is 0 Å². The van der Waals surface area contributed by atoms with Crippen molar-refractivity contribution in [3.8, 4) is 11.5 Å². The second kappa shape index (κ2) is 4.56. The Morgan fingerprint density at radius 1 is 1.25 bits per heavy atom. The van der Waals surface area contributed by atoms with E-state index < -0.39 is 0 Å². The van der Waals surface area contributed by atoms with Crippen molar-refractivity contribution < 1.29 is 0 Å². The first-order valence-corrected chi connectivity index (χ1v) is 6.93. The van der Waals surface area contributed by atoms with E-state index in [4.69, 9.17) is 0 Å². The fourth-order valence-electron chi connectivity index (χ4n) is 2.29. The minimum absolute atomic E-state index is 0.0596. The smallest absolute Gasteiger partial charge is 0.261 e. The molecule has 2 heterocycles. The second-order valence-electron chi connectivity index (χ2n) is 4.78. The number of rotatable bonds is 1. The zero-order valence-electron chi connectivity index (χ0n) is 11.4. The Bertz CT molecular complexity index is 879. The number of hydrogen-bond donors (Lipinski definition) is 0. The lowest BCUT2D eigenvalue weighted by Crippen LogP contribution is -2.21. The van der Waals surface area contributed by atoms with Crippen molar-refractivity contribution in [2.75, 3.05) is 0 Å². The summed E-state index contributed by atoms with van der Waals surface area (Å²) < 4.78 is 4.09. The van der Waals surface area contributed by atoms with Gasteiger partial charge in [-0.05, 0) is 46.6 Å². The zero-order chi connectivity index (χ0) is 14.4. The SMILES string of the molecule is Cc1cc(Br)c2nc(-c3ccnn3C)n(C)c(=O)c2c1. The standard InChI is InChI=1S/C14H13BrN4O/c1-8-6-9-12(10(15)7-8)17-13(18(2)14(9)20)11-4-5-16-19(11)3/h4-7H,1-3H3. The molecule has 0 bridgehead atoms. The number of benzene rings is 1. The van der Waals surface area contributed by atoms with Crippen LogP contribution in [0.1, 0.15) is 5.56 Å². The normalized spacial score (nSPS) is 11.2. The largest absolute Gasteiger partial charge is 0.294 e. The van der Waals surface area contributed by atoms with Crippen molar-refractivity contribution in [2.45, 2.75) is 6.92 Å². The predicted octanol–water partition coefficient (Wildman–Crippen LogP) is 2.40. The van der Waals surface area contributed by atoms with Crippen LogP contribution < -0.4 is 5.56 Å². The van der Waals surface area contributed by atoms with Gasteiger partial charge in [0, 0.05) is 24.8 Å². The molecule has 20 heavy (non-hydrogen) atoms. The van der Waals surface area contributed by atoms with Gasteiger partial charge in [-0.2, -0.15) is 5.10 Å². The van der Waals surface area contributed by atoms with E-state index in [-0.39, 0.29) is 5.56 Å². The van der Waals surface area contributed by atoms with Crippen LogP contribution in [-0.2, 0) is 14.1 Å². The third-order valence-electron chi connectivity index (χ3n) is 3.33. The van der Waals surface area contributed by atoms with Gasteiger partial charge < -0.3 is 0 Å². The van der Waals surface area contributed by atoms with E-state index in [1.54, 1.807) is 22.5 Å². The Morgan fingerprint density at radius 3 is 2.65 bits per heavy atom. The summed E-state index contributed by atoms with van der Waals surface area (Å²) in [5, 5.41) is 4.75. The monoisotopic (exact) mass is 332 g/mol. The molecule has 0 amide bonds. The maximum absolute atomic E-state index is 12.5. The van der Waals surface area contributed by atoms with E-state index in [2.05, 4.69) is 26.0 Å². The van der Waals surface area contributed by atoms with Gasteiger partial charge in [-0.15, -0.1) is 0 Å².